The van der Waals surface area contributed by atoms with E-state index in [4.69, 9.17) is 0 Å². The Bertz CT molecular complexity index is 95.6. The first-order chi connectivity index (χ1) is 6.27. The molecule has 80 valence electrons. The summed E-state index contributed by atoms with van der Waals surface area (Å²) in [4.78, 5) is 2.18. The summed E-state index contributed by atoms with van der Waals surface area (Å²) in [6.07, 6.45) is 0. The van der Waals surface area contributed by atoms with Crippen molar-refractivity contribution in [3.8, 4) is 0 Å². The Kier molecular flexibility index (Phi) is 9.80. The van der Waals surface area contributed by atoms with Crippen molar-refractivity contribution in [1.82, 2.24) is 20.9 Å². The molecule has 0 aliphatic heterocycles. The van der Waals surface area contributed by atoms with Gasteiger partial charge in [-0.15, -0.1) is 0 Å². The highest BCUT2D eigenvalue weighted by Crippen LogP contribution is 1.69. The van der Waals surface area contributed by atoms with Crippen molar-refractivity contribution in [2.24, 2.45) is 0 Å². The number of hydrogen-bond donors (Lipinski definition) is 3. The van der Waals surface area contributed by atoms with Gasteiger partial charge in [-0.2, -0.15) is 0 Å². The number of hydrogen-bond acceptors (Lipinski definition) is 4. The highest BCUT2D eigenvalue weighted by molar-refractivity contribution is 4.54. The first-order valence-corrected chi connectivity index (χ1v) is 4.98. The zero-order chi connectivity index (χ0) is 9.94. The Morgan fingerprint density at radius 2 is 1.38 bits per heavy atom. The van der Waals surface area contributed by atoms with E-state index in [0.717, 1.165) is 39.3 Å². The summed E-state index contributed by atoms with van der Waals surface area (Å²) >= 11 is 0. The van der Waals surface area contributed by atoms with Gasteiger partial charge in [-0.1, -0.05) is 0 Å². The first kappa shape index (κ1) is 12.8. The van der Waals surface area contributed by atoms with Gasteiger partial charge in [0.05, 0.1) is 0 Å². The Labute approximate surface area is 82.1 Å². The van der Waals surface area contributed by atoms with Crippen LogP contribution in [0.3, 0.4) is 0 Å². The lowest BCUT2D eigenvalue weighted by Gasteiger charge is -2.10. The van der Waals surface area contributed by atoms with Crippen LogP contribution in [0.4, 0.5) is 0 Å². The number of rotatable bonds is 9. The van der Waals surface area contributed by atoms with Crippen LogP contribution in [0.15, 0.2) is 0 Å². The smallest absolute Gasteiger partial charge is 0.0101 e. The molecule has 0 aliphatic carbocycles. The van der Waals surface area contributed by atoms with Crippen molar-refractivity contribution >= 4 is 0 Å². The largest absolute Gasteiger partial charge is 0.318 e. The first-order valence-electron chi connectivity index (χ1n) is 4.98. The maximum Gasteiger partial charge on any atom is 0.0101 e. The van der Waals surface area contributed by atoms with Crippen LogP contribution in [0.25, 0.3) is 0 Å². The lowest BCUT2D eigenvalue weighted by Crippen LogP contribution is -2.34. The van der Waals surface area contributed by atoms with Gasteiger partial charge >= 0.3 is 0 Å². The van der Waals surface area contributed by atoms with E-state index >= 15 is 0 Å². The number of likely N-dealkylation sites (N-methyl/N-ethyl adjacent to an activating group) is 2. The van der Waals surface area contributed by atoms with Crippen molar-refractivity contribution in [3.05, 3.63) is 0 Å². The Morgan fingerprint density at radius 1 is 0.846 bits per heavy atom. The van der Waals surface area contributed by atoms with E-state index in [0.29, 0.717) is 0 Å². The molecule has 0 radical (unpaired) electrons. The molecule has 0 saturated heterocycles. The normalized spacial score (nSPS) is 11.1. The molecule has 0 saturated carbocycles. The second kappa shape index (κ2) is 9.92. The molecule has 0 aliphatic rings. The SMILES string of the molecule is CNCCNCCNCCN(C)C. The van der Waals surface area contributed by atoms with Gasteiger partial charge < -0.3 is 20.9 Å². The summed E-state index contributed by atoms with van der Waals surface area (Å²) in [7, 11) is 6.15. The van der Waals surface area contributed by atoms with Gasteiger partial charge in [0.15, 0.2) is 0 Å². The lowest BCUT2D eigenvalue weighted by atomic mass is 10.5. The molecule has 0 aromatic carbocycles. The molecule has 0 amide bonds. The van der Waals surface area contributed by atoms with Crippen LogP contribution < -0.4 is 16.0 Å². The predicted molar refractivity (Wildman–Crippen MR) is 58.2 cm³/mol. The van der Waals surface area contributed by atoms with E-state index in [-0.39, 0.29) is 0 Å². The van der Waals surface area contributed by atoms with Gasteiger partial charge in [-0.05, 0) is 21.1 Å². The summed E-state index contributed by atoms with van der Waals surface area (Å²) in [5, 5.41) is 9.80. The minimum absolute atomic E-state index is 1.04. The molecule has 4 nitrogen and oxygen atoms in total. The average molecular weight is 188 g/mol. The number of nitrogens with one attached hydrogen (secondary N) is 3. The minimum Gasteiger partial charge on any atom is -0.318 e. The van der Waals surface area contributed by atoms with Crippen LogP contribution in [0.2, 0.25) is 0 Å². The van der Waals surface area contributed by atoms with Crippen molar-refractivity contribution < 1.29 is 0 Å². The minimum atomic E-state index is 1.04. The third kappa shape index (κ3) is 11.8. The molecule has 0 heterocycles. The highest BCUT2D eigenvalue weighted by Gasteiger charge is 1.89. The third-order valence-corrected chi connectivity index (χ3v) is 1.77. The second-order valence-electron chi connectivity index (χ2n) is 3.41. The average Bonchev–Trinajstić information content (AvgIpc) is 2.09. The molecular weight excluding hydrogens is 164 g/mol. The van der Waals surface area contributed by atoms with Gasteiger partial charge in [0.2, 0.25) is 0 Å². The van der Waals surface area contributed by atoms with Crippen LogP contribution >= 0.6 is 0 Å². The molecule has 0 rings (SSSR count). The molecular formula is C9H24N4. The summed E-state index contributed by atoms with van der Waals surface area (Å²) in [6.45, 7) is 6.37. The molecule has 0 spiro atoms. The standard InChI is InChI=1S/C9H24N4/c1-10-4-5-11-6-7-12-8-9-13(2)3/h10-12H,4-9H2,1-3H3. The van der Waals surface area contributed by atoms with Gasteiger partial charge in [-0.25, -0.2) is 0 Å². The van der Waals surface area contributed by atoms with Crippen LogP contribution in [0.1, 0.15) is 0 Å². The Morgan fingerprint density at radius 3 is 1.92 bits per heavy atom. The molecule has 0 bridgehead atoms. The number of nitrogens with zero attached hydrogens (tertiary/aromatic N) is 1. The molecule has 13 heavy (non-hydrogen) atoms. The van der Waals surface area contributed by atoms with Crippen molar-refractivity contribution in [3.63, 3.8) is 0 Å². The molecule has 0 aromatic rings. The molecule has 3 N–H and O–H groups in total. The zero-order valence-electron chi connectivity index (χ0n) is 9.19. The zero-order valence-corrected chi connectivity index (χ0v) is 9.19. The maximum absolute atomic E-state index is 3.37. The monoisotopic (exact) mass is 188 g/mol. The fourth-order valence-corrected chi connectivity index (χ4v) is 0.943. The molecule has 0 unspecified atom stereocenters. The van der Waals surface area contributed by atoms with E-state index in [1.54, 1.807) is 0 Å². The van der Waals surface area contributed by atoms with E-state index in [1.165, 1.54) is 0 Å². The fourth-order valence-electron chi connectivity index (χ4n) is 0.943. The lowest BCUT2D eigenvalue weighted by molar-refractivity contribution is 0.400. The van der Waals surface area contributed by atoms with Crippen molar-refractivity contribution in [2.75, 3.05) is 60.4 Å². The van der Waals surface area contributed by atoms with Crippen LogP contribution in [-0.2, 0) is 0 Å². The summed E-state index contributed by atoms with van der Waals surface area (Å²) in [5.41, 5.74) is 0. The van der Waals surface area contributed by atoms with E-state index in [9.17, 15) is 0 Å². The Hall–Kier alpha value is -0.160. The topological polar surface area (TPSA) is 39.3 Å². The van der Waals surface area contributed by atoms with Gasteiger partial charge in [0.25, 0.3) is 0 Å². The quantitative estimate of drug-likeness (QED) is 0.404. The molecule has 0 fully saturated rings. The highest BCUT2D eigenvalue weighted by atomic mass is 15.1. The Balaban J connectivity index is 2.84. The maximum atomic E-state index is 3.37. The van der Waals surface area contributed by atoms with Crippen molar-refractivity contribution in [2.45, 2.75) is 0 Å². The third-order valence-electron chi connectivity index (χ3n) is 1.77. The van der Waals surface area contributed by atoms with Crippen LogP contribution in [-0.4, -0.2) is 65.3 Å². The summed E-state index contributed by atoms with van der Waals surface area (Å²) < 4.78 is 0. The van der Waals surface area contributed by atoms with Crippen molar-refractivity contribution in [1.29, 1.82) is 0 Å². The second-order valence-corrected chi connectivity index (χ2v) is 3.41. The van der Waals surface area contributed by atoms with E-state index < -0.39 is 0 Å². The van der Waals surface area contributed by atoms with E-state index in [1.807, 2.05) is 7.05 Å². The van der Waals surface area contributed by atoms with Gasteiger partial charge in [0.1, 0.15) is 0 Å². The molecule has 0 aromatic heterocycles. The summed E-state index contributed by atoms with van der Waals surface area (Å²) in [6, 6.07) is 0. The summed E-state index contributed by atoms with van der Waals surface area (Å²) in [5.74, 6) is 0. The van der Waals surface area contributed by atoms with Crippen LogP contribution in [0.5, 0.6) is 0 Å². The molecule has 0 atom stereocenters. The van der Waals surface area contributed by atoms with E-state index in [2.05, 4.69) is 34.9 Å². The molecule has 4 heteroatoms. The van der Waals surface area contributed by atoms with Crippen LogP contribution in [0, 0.1) is 0 Å². The van der Waals surface area contributed by atoms with Gasteiger partial charge in [0, 0.05) is 39.3 Å². The predicted octanol–water partition coefficient (Wildman–Crippen LogP) is -1.05. The fraction of sp³-hybridized carbons (Fsp3) is 1.00. The van der Waals surface area contributed by atoms with Gasteiger partial charge in [-0.3, -0.25) is 0 Å².